The van der Waals surface area contributed by atoms with E-state index in [0.29, 0.717) is 49.1 Å². The highest BCUT2D eigenvalue weighted by atomic mass is 32.2. The fourth-order valence-corrected chi connectivity index (χ4v) is 6.92. The van der Waals surface area contributed by atoms with Gasteiger partial charge in [-0.05, 0) is 43.4 Å². The highest BCUT2D eigenvalue weighted by molar-refractivity contribution is 7.91. The van der Waals surface area contributed by atoms with Gasteiger partial charge < -0.3 is 9.84 Å². The number of sulfonamides is 1. The summed E-state index contributed by atoms with van der Waals surface area (Å²) < 4.78 is 33.6. The first-order valence-electron chi connectivity index (χ1n) is 11.1. The van der Waals surface area contributed by atoms with E-state index in [1.54, 1.807) is 23.8 Å². The zero-order valence-electron chi connectivity index (χ0n) is 18.0. The lowest BCUT2D eigenvalue weighted by Gasteiger charge is -2.30. The van der Waals surface area contributed by atoms with Crippen LogP contribution in [0.2, 0.25) is 0 Å². The molecule has 2 aliphatic rings. The molecule has 0 aromatic carbocycles. The second-order valence-corrected chi connectivity index (χ2v) is 11.6. The second-order valence-electron chi connectivity index (χ2n) is 8.52. The van der Waals surface area contributed by atoms with Crippen molar-refractivity contribution < 1.29 is 17.7 Å². The minimum absolute atomic E-state index is 0.138. The van der Waals surface area contributed by atoms with Crippen LogP contribution in [-0.4, -0.2) is 46.8 Å². The first-order chi connectivity index (χ1) is 16.0. The lowest BCUT2D eigenvalue weighted by atomic mass is 9.85. The molecule has 11 heteroatoms. The number of hydrogen-bond acceptors (Lipinski definition) is 8. The number of pyridine rings is 1. The Morgan fingerprint density at radius 1 is 1.27 bits per heavy atom. The van der Waals surface area contributed by atoms with Crippen LogP contribution in [0, 0.1) is 5.92 Å². The van der Waals surface area contributed by atoms with Crippen molar-refractivity contribution >= 4 is 27.3 Å². The van der Waals surface area contributed by atoms with Crippen LogP contribution >= 0.6 is 11.3 Å². The summed E-state index contributed by atoms with van der Waals surface area (Å²) in [6, 6.07) is 5.30. The van der Waals surface area contributed by atoms with Crippen molar-refractivity contribution in [3.63, 3.8) is 0 Å². The molecule has 0 spiro atoms. The van der Waals surface area contributed by atoms with Crippen molar-refractivity contribution in [1.29, 1.82) is 0 Å². The van der Waals surface area contributed by atoms with Crippen molar-refractivity contribution in [2.24, 2.45) is 5.92 Å². The summed E-state index contributed by atoms with van der Waals surface area (Å²) in [5, 5.41) is 8.68. The Morgan fingerprint density at radius 3 is 2.91 bits per heavy atom. The monoisotopic (exact) mass is 487 g/mol. The molecular weight excluding hydrogens is 462 g/mol. The molecule has 5 rings (SSSR count). The molecule has 0 bridgehead atoms. The predicted molar refractivity (Wildman–Crippen MR) is 122 cm³/mol. The summed E-state index contributed by atoms with van der Waals surface area (Å²) >= 11 is 1.14. The van der Waals surface area contributed by atoms with Crippen LogP contribution in [0.15, 0.2) is 44.7 Å². The molecule has 2 fully saturated rings. The topological polar surface area (TPSA) is 118 Å². The van der Waals surface area contributed by atoms with E-state index in [-0.39, 0.29) is 22.6 Å². The van der Waals surface area contributed by atoms with Gasteiger partial charge in [-0.2, -0.15) is 9.29 Å². The maximum atomic E-state index is 13.3. The van der Waals surface area contributed by atoms with Crippen molar-refractivity contribution in [3.05, 3.63) is 47.4 Å². The van der Waals surface area contributed by atoms with Gasteiger partial charge in [-0.15, -0.1) is 11.3 Å². The van der Waals surface area contributed by atoms with Crippen LogP contribution in [0.1, 0.15) is 49.5 Å². The maximum absolute atomic E-state index is 13.3. The smallest absolute Gasteiger partial charge is 0.252 e. The molecule has 1 amide bonds. The standard InChI is InChI=1S/C22H25N5O4S2/c28-21(24-12-15-4-2-8-23-11-15)17-7-3-9-27(13-17)33(29,30)19-10-18(14-32-19)20-25-22(31-26-20)16-5-1-6-16/h2,4,8,10-11,14,16-17H,1,3,5-7,9,12-13H2,(H,24,28)/t17-/m1/s1. The first-order valence-corrected chi connectivity index (χ1v) is 13.4. The number of amides is 1. The average Bonchev–Trinajstić information content (AvgIpc) is 3.47. The fraction of sp³-hybridized carbons (Fsp3) is 0.455. The van der Waals surface area contributed by atoms with E-state index in [1.807, 2.05) is 12.1 Å². The molecule has 1 aliphatic heterocycles. The average molecular weight is 488 g/mol. The van der Waals surface area contributed by atoms with Gasteiger partial charge in [0.2, 0.25) is 17.6 Å². The SMILES string of the molecule is O=C(NCc1cccnc1)[C@@H]1CCCN(S(=O)(=O)c2cc(-c3noc(C4CCC4)n3)cs2)C1. The van der Waals surface area contributed by atoms with E-state index in [1.165, 1.54) is 10.7 Å². The minimum atomic E-state index is -3.71. The van der Waals surface area contributed by atoms with Gasteiger partial charge in [0, 0.05) is 48.9 Å². The Balaban J connectivity index is 1.24. The van der Waals surface area contributed by atoms with Gasteiger partial charge in [0.1, 0.15) is 4.21 Å². The number of hydrogen-bond donors (Lipinski definition) is 1. The molecule has 0 unspecified atom stereocenters. The molecular formula is C22H25N5O4S2. The summed E-state index contributed by atoms with van der Waals surface area (Å²) in [6.45, 7) is 0.941. The summed E-state index contributed by atoms with van der Waals surface area (Å²) in [5.74, 6) is 0.847. The van der Waals surface area contributed by atoms with E-state index >= 15 is 0 Å². The summed E-state index contributed by atoms with van der Waals surface area (Å²) in [4.78, 5) is 21.2. The van der Waals surface area contributed by atoms with E-state index < -0.39 is 10.0 Å². The van der Waals surface area contributed by atoms with Gasteiger partial charge in [0.25, 0.3) is 10.0 Å². The molecule has 4 heterocycles. The summed E-state index contributed by atoms with van der Waals surface area (Å²) in [6.07, 6.45) is 7.95. The van der Waals surface area contributed by atoms with Crippen LogP contribution in [0.3, 0.4) is 0 Å². The third-order valence-corrected chi connectivity index (χ3v) is 9.55. The lowest BCUT2D eigenvalue weighted by Crippen LogP contribution is -2.45. The largest absolute Gasteiger partial charge is 0.352 e. The van der Waals surface area contributed by atoms with E-state index in [4.69, 9.17) is 4.52 Å². The molecule has 33 heavy (non-hydrogen) atoms. The zero-order valence-corrected chi connectivity index (χ0v) is 19.6. The highest BCUT2D eigenvalue weighted by Crippen LogP contribution is 2.37. The number of aromatic nitrogens is 3. The highest BCUT2D eigenvalue weighted by Gasteiger charge is 2.34. The van der Waals surface area contributed by atoms with Crippen LogP contribution in [-0.2, 0) is 21.4 Å². The summed E-state index contributed by atoms with van der Waals surface area (Å²) in [5.41, 5.74) is 1.54. The van der Waals surface area contributed by atoms with E-state index in [9.17, 15) is 13.2 Å². The number of nitrogens with one attached hydrogen (secondary N) is 1. The molecule has 9 nitrogen and oxygen atoms in total. The number of carbonyl (C=O) groups is 1. The van der Waals surface area contributed by atoms with Crippen LogP contribution < -0.4 is 5.32 Å². The van der Waals surface area contributed by atoms with Gasteiger partial charge in [0.15, 0.2) is 0 Å². The Labute approximate surface area is 196 Å². The molecule has 0 radical (unpaired) electrons. The van der Waals surface area contributed by atoms with Gasteiger partial charge in [-0.25, -0.2) is 8.42 Å². The molecule has 174 valence electrons. The van der Waals surface area contributed by atoms with Crippen LogP contribution in [0.25, 0.3) is 11.4 Å². The number of carbonyl (C=O) groups excluding carboxylic acids is 1. The first kappa shape index (κ1) is 22.2. The zero-order chi connectivity index (χ0) is 22.8. The Bertz CT molecular complexity index is 1220. The Kier molecular flexibility index (Phi) is 6.26. The van der Waals surface area contributed by atoms with Gasteiger partial charge in [0.05, 0.1) is 5.92 Å². The summed E-state index contributed by atoms with van der Waals surface area (Å²) in [7, 11) is -3.71. The maximum Gasteiger partial charge on any atom is 0.252 e. The third-order valence-electron chi connectivity index (χ3n) is 6.27. The molecule has 1 saturated heterocycles. The molecule has 1 atom stereocenters. The van der Waals surface area contributed by atoms with Crippen molar-refractivity contribution in [3.8, 4) is 11.4 Å². The van der Waals surface area contributed by atoms with E-state index in [0.717, 1.165) is 29.7 Å². The molecule has 1 N–H and O–H groups in total. The fourth-order valence-electron chi connectivity index (χ4n) is 4.08. The van der Waals surface area contributed by atoms with Crippen molar-refractivity contribution in [2.75, 3.05) is 13.1 Å². The normalized spacial score (nSPS) is 19.8. The Hall–Kier alpha value is -2.63. The Morgan fingerprint density at radius 2 is 2.15 bits per heavy atom. The van der Waals surface area contributed by atoms with Crippen LogP contribution in [0.5, 0.6) is 0 Å². The van der Waals surface area contributed by atoms with Gasteiger partial charge in [-0.1, -0.05) is 17.6 Å². The van der Waals surface area contributed by atoms with Gasteiger partial charge >= 0.3 is 0 Å². The molecule has 3 aromatic rings. The van der Waals surface area contributed by atoms with Crippen LogP contribution in [0.4, 0.5) is 0 Å². The van der Waals surface area contributed by atoms with Crippen molar-refractivity contribution in [1.82, 2.24) is 24.7 Å². The number of thiophene rings is 1. The quantitative estimate of drug-likeness (QED) is 0.544. The predicted octanol–water partition coefficient (Wildman–Crippen LogP) is 3.18. The second kappa shape index (κ2) is 9.32. The molecule has 1 aliphatic carbocycles. The molecule has 3 aromatic heterocycles. The third kappa shape index (κ3) is 4.71. The van der Waals surface area contributed by atoms with E-state index in [2.05, 4.69) is 20.4 Å². The van der Waals surface area contributed by atoms with Gasteiger partial charge in [-0.3, -0.25) is 9.78 Å². The number of rotatable bonds is 7. The molecule has 1 saturated carbocycles. The minimum Gasteiger partial charge on any atom is -0.352 e. The lowest BCUT2D eigenvalue weighted by molar-refractivity contribution is -0.126. The number of nitrogens with zero attached hydrogens (tertiary/aromatic N) is 4. The number of piperidine rings is 1. The van der Waals surface area contributed by atoms with Crippen molar-refractivity contribution in [2.45, 2.75) is 48.8 Å².